The van der Waals surface area contributed by atoms with E-state index in [0.717, 1.165) is 32.5 Å². The average molecular weight is 415 g/mol. The third kappa shape index (κ3) is 4.00. The highest BCUT2D eigenvalue weighted by Crippen LogP contribution is 2.42. The number of benzene rings is 3. The van der Waals surface area contributed by atoms with Gasteiger partial charge >= 0.3 is 0 Å². The van der Waals surface area contributed by atoms with Crippen LogP contribution < -0.4 is 5.32 Å². The molecule has 0 aliphatic carbocycles. The molecule has 4 heteroatoms. The molecule has 3 nitrogen and oxygen atoms in total. The molecule has 31 heavy (non-hydrogen) atoms. The van der Waals surface area contributed by atoms with Crippen molar-refractivity contribution in [1.82, 2.24) is 10.2 Å². The van der Waals surface area contributed by atoms with Crippen LogP contribution in [0.4, 0.5) is 4.39 Å². The zero-order valence-electron chi connectivity index (χ0n) is 17.6. The van der Waals surface area contributed by atoms with Crippen LogP contribution in [0.15, 0.2) is 78.9 Å². The van der Waals surface area contributed by atoms with Gasteiger partial charge in [-0.1, -0.05) is 66.7 Å². The third-order valence-electron chi connectivity index (χ3n) is 6.75. The Labute approximate surface area is 182 Å². The second-order valence-electron chi connectivity index (χ2n) is 8.87. The lowest BCUT2D eigenvalue weighted by atomic mass is 9.76. The number of rotatable bonds is 4. The predicted molar refractivity (Wildman–Crippen MR) is 121 cm³/mol. The van der Waals surface area contributed by atoms with Crippen LogP contribution in [0.2, 0.25) is 0 Å². The monoisotopic (exact) mass is 414 g/mol. The Balaban J connectivity index is 1.42. The van der Waals surface area contributed by atoms with Crippen molar-refractivity contribution < 1.29 is 9.18 Å². The molecule has 0 bridgehead atoms. The van der Waals surface area contributed by atoms with Crippen molar-refractivity contribution in [2.24, 2.45) is 0 Å². The minimum atomic E-state index is -0.394. The van der Waals surface area contributed by atoms with Gasteiger partial charge in [-0.3, -0.25) is 9.69 Å². The van der Waals surface area contributed by atoms with E-state index in [9.17, 15) is 9.18 Å². The van der Waals surface area contributed by atoms with E-state index in [1.807, 2.05) is 18.2 Å². The van der Waals surface area contributed by atoms with Gasteiger partial charge in [0.15, 0.2) is 0 Å². The van der Waals surface area contributed by atoms with Crippen LogP contribution in [0, 0.1) is 5.82 Å². The number of carbonyl (C=O) groups is 1. The molecule has 2 aliphatic heterocycles. The number of nitrogens with zero attached hydrogens (tertiary/aromatic N) is 1. The van der Waals surface area contributed by atoms with E-state index in [4.69, 9.17) is 0 Å². The van der Waals surface area contributed by atoms with Crippen LogP contribution in [-0.4, -0.2) is 29.4 Å². The van der Waals surface area contributed by atoms with Gasteiger partial charge in [0.2, 0.25) is 5.91 Å². The summed E-state index contributed by atoms with van der Waals surface area (Å²) >= 11 is 0. The first-order chi connectivity index (χ1) is 15.1. The Kier molecular flexibility index (Phi) is 5.33. The molecular weight excluding hydrogens is 387 g/mol. The topological polar surface area (TPSA) is 32.3 Å². The fraction of sp³-hybridized carbons (Fsp3) is 0.296. The Morgan fingerprint density at radius 3 is 2.55 bits per heavy atom. The average Bonchev–Trinajstić information content (AvgIpc) is 3.11. The van der Waals surface area contributed by atoms with E-state index in [-0.39, 0.29) is 17.6 Å². The normalized spacial score (nSPS) is 23.8. The van der Waals surface area contributed by atoms with Crippen molar-refractivity contribution >= 4 is 5.91 Å². The minimum Gasteiger partial charge on any atom is -0.349 e. The number of nitrogens with one attached hydrogen (secondary N) is 1. The number of halogens is 1. The molecule has 2 heterocycles. The standard InChI is InChI=1S/C27H27FN2O/c28-25-13-5-4-12-23(25)24-18-30(19-27(24)15-7-14-26(31)29-27)17-20-8-6-11-22(16-20)21-9-2-1-3-10-21/h1-6,8-13,16,24H,7,14-15,17-19H2,(H,29,31)/t24-,27+/m0/s1. The summed E-state index contributed by atoms with van der Waals surface area (Å²) < 4.78 is 14.7. The molecule has 2 atom stereocenters. The molecule has 1 amide bonds. The molecule has 0 saturated carbocycles. The zero-order valence-corrected chi connectivity index (χ0v) is 17.6. The first-order valence-electron chi connectivity index (χ1n) is 11.1. The second kappa shape index (κ2) is 8.27. The van der Waals surface area contributed by atoms with Gasteiger partial charge in [0.1, 0.15) is 5.82 Å². The summed E-state index contributed by atoms with van der Waals surface area (Å²) in [5.41, 5.74) is 3.95. The molecular formula is C27H27FN2O. The first kappa shape index (κ1) is 20.0. The van der Waals surface area contributed by atoms with Crippen molar-refractivity contribution in [3.63, 3.8) is 0 Å². The van der Waals surface area contributed by atoms with Crippen LogP contribution in [0.5, 0.6) is 0 Å². The number of hydrogen-bond acceptors (Lipinski definition) is 2. The molecule has 5 rings (SSSR count). The highest BCUT2D eigenvalue weighted by atomic mass is 19.1. The van der Waals surface area contributed by atoms with E-state index in [0.29, 0.717) is 12.0 Å². The van der Waals surface area contributed by atoms with Gasteiger partial charge < -0.3 is 5.32 Å². The Bertz CT molecular complexity index is 1080. The summed E-state index contributed by atoms with van der Waals surface area (Å²) in [6.45, 7) is 2.26. The van der Waals surface area contributed by atoms with Crippen molar-refractivity contribution in [3.05, 3.63) is 95.8 Å². The van der Waals surface area contributed by atoms with Crippen molar-refractivity contribution in [2.75, 3.05) is 13.1 Å². The van der Waals surface area contributed by atoms with Gasteiger partial charge in [0, 0.05) is 32.0 Å². The lowest BCUT2D eigenvalue weighted by Crippen LogP contribution is -2.56. The van der Waals surface area contributed by atoms with E-state index in [1.165, 1.54) is 22.8 Å². The third-order valence-corrected chi connectivity index (χ3v) is 6.75. The summed E-state index contributed by atoms with van der Waals surface area (Å²) in [6.07, 6.45) is 2.30. The quantitative estimate of drug-likeness (QED) is 0.642. The number of amides is 1. The molecule has 1 N–H and O–H groups in total. The molecule has 0 aromatic heterocycles. The summed E-state index contributed by atoms with van der Waals surface area (Å²) in [4.78, 5) is 14.7. The summed E-state index contributed by atoms with van der Waals surface area (Å²) in [5, 5.41) is 3.27. The fourth-order valence-corrected chi connectivity index (χ4v) is 5.37. The van der Waals surface area contributed by atoms with Gasteiger partial charge in [-0.2, -0.15) is 0 Å². The Morgan fingerprint density at radius 2 is 1.74 bits per heavy atom. The van der Waals surface area contributed by atoms with E-state index < -0.39 is 5.54 Å². The number of piperidine rings is 1. The van der Waals surface area contributed by atoms with Crippen LogP contribution in [0.3, 0.4) is 0 Å². The minimum absolute atomic E-state index is 0.0461. The summed E-state index contributed by atoms with van der Waals surface area (Å²) in [5.74, 6) is -0.143. The Morgan fingerprint density at radius 1 is 0.968 bits per heavy atom. The van der Waals surface area contributed by atoms with Crippen LogP contribution in [0.25, 0.3) is 11.1 Å². The predicted octanol–water partition coefficient (Wildman–Crippen LogP) is 5.13. The number of likely N-dealkylation sites (tertiary alicyclic amines) is 1. The summed E-state index contributed by atoms with van der Waals surface area (Å²) in [6, 6.07) is 26.0. The van der Waals surface area contributed by atoms with Crippen LogP contribution in [-0.2, 0) is 11.3 Å². The number of hydrogen-bond donors (Lipinski definition) is 1. The van der Waals surface area contributed by atoms with Crippen molar-refractivity contribution in [1.29, 1.82) is 0 Å². The van der Waals surface area contributed by atoms with Gasteiger partial charge in [-0.05, 0) is 47.2 Å². The number of carbonyl (C=O) groups excluding carboxylic acids is 1. The summed E-state index contributed by atoms with van der Waals surface area (Å²) in [7, 11) is 0. The van der Waals surface area contributed by atoms with E-state index in [1.54, 1.807) is 6.07 Å². The maximum Gasteiger partial charge on any atom is 0.220 e. The molecule has 3 aromatic rings. The lowest BCUT2D eigenvalue weighted by Gasteiger charge is -2.39. The molecule has 3 aromatic carbocycles. The lowest BCUT2D eigenvalue weighted by molar-refractivity contribution is -0.125. The molecule has 0 unspecified atom stereocenters. The maximum atomic E-state index is 14.7. The van der Waals surface area contributed by atoms with Gasteiger partial charge in [0.25, 0.3) is 0 Å². The highest BCUT2D eigenvalue weighted by molar-refractivity contribution is 5.78. The largest absolute Gasteiger partial charge is 0.349 e. The van der Waals surface area contributed by atoms with E-state index >= 15 is 0 Å². The fourth-order valence-electron chi connectivity index (χ4n) is 5.37. The van der Waals surface area contributed by atoms with Crippen LogP contribution >= 0.6 is 0 Å². The van der Waals surface area contributed by atoms with Crippen molar-refractivity contribution in [2.45, 2.75) is 37.3 Å². The first-order valence-corrected chi connectivity index (χ1v) is 11.1. The van der Waals surface area contributed by atoms with Gasteiger partial charge in [-0.15, -0.1) is 0 Å². The van der Waals surface area contributed by atoms with Crippen molar-refractivity contribution in [3.8, 4) is 11.1 Å². The highest BCUT2D eigenvalue weighted by Gasteiger charge is 2.49. The zero-order chi connectivity index (χ0) is 21.3. The second-order valence-corrected chi connectivity index (χ2v) is 8.87. The maximum absolute atomic E-state index is 14.7. The smallest absolute Gasteiger partial charge is 0.220 e. The molecule has 1 spiro atoms. The van der Waals surface area contributed by atoms with Gasteiger partial charge in [0.05, 0.1) is 5.54 Å². The molecule has 2 fully saturated rings. The molecule has 0 radical (unpaired) electrons. The Hall–Kier alpha value is -2.98. The van der Waals surface area contributed by atoms with E-state index in [2.05, 4.69) is 58.7 Å². The molecule has 158 valence electrons. The SMILES string of the molecule is O=C1CCC[C@]2(CN(Cc3cccc(-c4ccccc4)c3)C[C@H]2c2ccccc2F)N1. The molecule has 2 aliphatic rings. The molecule has 2 saturated heterocycles. The van der Waals surface area contributed by atoms with Gasteiger partial charge in [-0.25, -0.2) is 4.39 Å². The van der Waals surface area contributed by atoms with Crippen LogP contribution in [0.1, 0.15) is 36.3 Å².